The summed E-state index contributed by atoms with van der Waals surface area (Å²) >= 11 is 0. The zero-order valence-electron chi connectivity index (χ0n) is 19.3. The SMILES string of the molecule is C#Cc1cc2c(cc1N1CCCc3cc(-c4cnn(C)c4)c(C(C)F)cc31)n(C)c(=O)n2C. The predicted octanol–water partition coefficient (Wildman–Crippen LogP) is 4.37. The fourth-order valence-electron chi connectivity index (χ4n) is 4.91. The number of halogens is 1. The number of aryl methyl sites for hydroxylation is 4. The lowest BCUT2D eigenvalue weighted by Crippen LogP contribution is -2.25. The molecule has 0 bridgehead atoms. The van der Waals surface area contributed by atoms with E-state index in [-0.39, 0.29) is 5.69 Å². The number of benzene rings is 2. The van der Waals surface area contributed by atoms with Gasteiger partial charge in [-0.05, 0) is 60.7 Å². The molecule has 5 rings (SSSR count). The number of fused-ring (bicyclic) bond motifs is 2. The lowest BCUT2D eigenvalue weighted by atomic mass is 9.91. The van der Waals surface area contributed by atoms with Crippen LogP contribution in [0, 0.1) is 12.3 Å². The van der Waals surface area contributed by atoms with Crippen molar-refractivity contribution in [3.05, 3.63) is 63.8 Å². The molecule has 0 saturated heterocycles. The molecule has 33 heavy (non-hydrogen) atoms. The molecule has 0 fully saturated rings. The molecule has 7 heteroatoms. The molecule has 2 aromatic heterocycles. The van der Waals surface area contributed by atoms with Crippen LogP contribution in [-0.4, -0.2) is 25.5 Å². The number of hydrogen-bond donors (Lipinski definition) is 0. The first-order valence-electron chi connectivity index (χ1n) is 11.0. The lowest BCUT2D eigenvalue weighted by Gasteiger charge is -2.33. The second-order valence-corrected chi connectivity index (χ2v) is 8.75. The molecule has 1 aliphatic heterocycles. The summed E-state index contributed by atoms with van der Waals surface area (Å²) in [6, 6.07) is 7.92. The van der Waals surface area contributed by atoms with Gasteiger partial charge in [-0.2, -0.15) is 5.10 Å². The van der Waals surface area contributed by atoms with Crippen LogP contribution in [0.3, 0.4) is 0 Å². The molecule has 0 amide bonds. The maximum atomic E-state index is 14.8. The molecule has 0 aliphatic carbocycles. The molecule has 3 heterocycles. The number of imidazole rings is 1. The predicted molar refractivity (Wildman–Crippen MR) is 130 cm³/mol. The van der Waals surface area contributed by atoms with Crippen molar-refractivity contribution in [2.75, 3.05) is 11.4 Å². The van der Waals surface area contributed by atoms with Gasteiger partial charge in [0.2, 0.25) is 0 Å². The highest BCUT2D eigenvalue weighted by molar-refractivity contribution is 5.87. The van der Waals surface area contributed by atoms with Crippen molar-refractivity contribution in [1.29, 1.82) is 0 Å². The normalized spacial score (nSPS) is 14.4. The number of anilines is 2. The van der Waals surface area contributed by atoms with E-state index in [0.29, 0.717) is 11.1 Å². The summed E-state index contributed by atoms with van der Waals surface area (Å²) in [5.74, 6) is 2.80. The summed E-state index contributed by atoms with van der Waals surface area (Å²) in [6.07, 6.45) is 10.3. The van der Waals surface area contributed by atoms with Crippen LogP contribution in [0.15, 0.2) is 41.5 Å². The molecular formula is C26H26FN5O. The van der Waals surface area contributed by atoms with E-state index in [4.69, 9.17) is 6.42 Å². The average molecular weight is 444 g/mol. The van der Waals surface area contributed by atoms with Crippen molar-refractivity contribution in [3.8, 4) is 23.5 Å². The fourth-order valence-corrected chi connectivity index (χ4v) is 4.91. The van der Waals surface area contributed by atoms with Gasteiger partial charge in [-0.1, -0.05) is 5.92 Å². The summed E-state index contributed by atoms with van der Waals surface area (Å²) in [6.45, 7) is 2.33. The quantitative estimate of drug-likeness (QED) is 0.442. The topological polar surface area (TPSA) is 48.0 Å². The Morgan fingerprint density at radius 3 is 2.45 bits per heavy atom. The Morgan fingerprint density at radius 2 is 1.82 bits per heavy atom. The zero-order chi connectivity index (χ0) is 23.4. The second kappa shape index (κ2) is 7.66. The third kappa shape index (κ3) is 3.25. The fraction of sp³-hybridized carbons (Fsp3) is 0.308. The van der Waals surface area contributed by atoms with E-state index >= 15 is 0 Å². The lowest BCUT2D eigenvalue weighted by molar-refractivity contribution is 0.375. The van der Waals surface area contributed by atoms with Gasteiger partial charge >= 0.3 is 5.69 Å². The maximum absolute atomic E-state index is 14.8. The van der Waals surface area contributed by atoms with Crippen LogP contribution >= 0.6 is 0 Å². The van der Waals surface area contributed by atoms with Crippen LogP contribution in [0.25, 0.3) is 22.2 Å². The van der Waals surface area contributed by atoms with Gasteiger partial charge in [0.15, 0.2) is 0 Å². The summed E-state index contributed by atoms with van der Waals surface area (Å²) in [5.41, 5.74) is 7.60. The summed E-state index contributed by atoms with van der Waals surface area (Å²) < 4.78 is 19.8. The first-order chi connectivity index (χ1) is 15.8. The third-order valence-corrected chi connectivity index (χ3v) is 6.65. The molecule has 6 nitrogen and oxygen atoms in total. The van der Waals surface area contributed by atoms with Crippen molar-refractivity contribution in [3.63, 3.8) is 0 Å². The average Bonchev–Trinajstić information content (AvgIpc) is 3.34. The molecule has 2 aromatic carbocycles. The highest BCUT2D eigenvalue weighted by atomic mass is 19.1. The number of hydrogen-bond acceptors (Lipinski definition) is 3. The van der Waals surface area contributed by atoms with E-state index in [0.717, 1.165) is 58.5 Å². The van der Waals surface area contributed by atoms with Gasteiger partial charge in [0.25, 0.3) is 0 Å². The van der Waals surface area contributed by atoms with Crippen LogP contribution in [0.2, 0.25) is 0 Å². The summed E-state index contributed by atoms with van der Waals surface area (Å²) in [7, 11) is 5.36. The van der Waals surface area contributed by atoms with Gasteiger partial charge in [-0.25, -0.2) is 9.18 Å². The number of nitrogens with zero attached hydrogens (tertiary/aromatic N) is 5. The van der Waals surface area contributed by atoms with Crippen LogP contribution < -0.4 is 10.6 Å². The molecule has 1 unspecified atom stereocenters. The smallest absolute Gasteiger partial charge is 0.328 e. The van der Waals surface area contributed by atoms with Crippen molar-refractivity contribution < 1.29 is 4.39 Å². The summed E-state index contributed by atoms with van der Waals surface area (Å²) in [5, 5.41) is 4.27. The molecule has 0 N–H and O–H groups in total. The first-order valence-corrected chi connectivity index (χ1v) is 11.0. The van der Waals surface area contributed by atoms with Gasteiger partial charge in [0.1, 0.15) is 6.17 Å². The number of aromatic nitrogens is 4. The number of rotatable bonds is 3. The van der Waals surface area contributed by atoms with Crippen molar-refractivity contribution >= 4 is 22.4 Å². The molecule has 168 valence electrons. The molecule has 0 spiro atoms. The number of terminal acetylenes is 1. The molecule has 4 aromatic rings. The Labute approximate surface area is 191 Å². The Balaban J connectivity index is 1.73. The highest BCUT2D eigenvalue weighted by Gasteiger charge is 2.25. The molecular weight excluding hydrogens is 417 g/mol. The van der Waals surface area contributed by atoms with Crippen LogP contribution in [-0.2, 0) is 27.6 Å². The van der Waals surface area contributed by atoms with E-state index in [1.807, 2.05) is 31.4 Å². The summed E-state index contributed by atoms with van der Waals surface area (Å²) in [4.78, 5) is 14.6. The van der Waals surface area contributed by atoms with E-state index in [2.05, 4.69) is 22.0 Å². The largest absolute Gasteiger partial charge is 0.340 e. The Morgan fingerprint density at radius 1 is 1.09 bits per heavy atom. The standard InChI is InChI=1S/C26H26FN5O/c1-6-17-11-24-25(31(5)26(33)30(24)4)13-23(17)32-9-7-8-18-10-21(19-14-28-29(3)15-19)20(16(2)27)12-22(18)32/h1,10-16H,7-9H2,2-5H3. The van der Waals surface area contributed by atoms with Crippen LogP contribution in [0.5, 0.6) is 0 Å². The van der Waals surface area contributed by atoms with Gasteiger partial charge in [-0.3, -0.25) is 13.8 Å². The maximum Gasteiger partial charge on any atom is 0.328 e. The Hall–Kier alpha value is -3.79. The third-order valence-electron chi connectivity index (χ3n) is 6.65. The Kier molecular flexibility index (Phi) is 4.89. The molecule has 1 aliphatic rings. The molecule has 1 atom stereocenters. The van der Waals surface area contributed by atoms with E-state index < -0.39 is 6.17 Å². The minimum absolute atomic E-state index is 0.0983. The molecule has 0 saturated carbocycles. The molecule has 0 radical (unpaired) electrons. The van der Waals surface area contributed by atoms with Crippen LogP contribution in [0.4, 0.5) is 15.8 Å². The monoisotopic (exact) mass is 443 g/mol. The van der Waals surface area contributed by atoms with E-state index in [1.54, 1.807) is 41.0 Å². The Bertz CT molecular complexity index is 1500. The minimum Gasteiger partial charge on any atom is -0.340 e. The highest BCUT2D eigenvalue weighted by Crippen LogP contribution is 2.42. The van der Waals surface area contributed by atoms with Gasteiger partial charge in [0.05, 0.1) is 28.5 Å². The van der Waals surface area contributed by atoms with E-state index in [9.17, 15) is 9.18 Å². The van der Waals surface area contributed by atoms with Gasteiger partial charge < -0.3 is 4.90 Å². The van der Waals surface area contributed by atoms with Crippen LogP contribution in [0.1, 0.15) is 36.2 Å². The van der Waals surface area contributed by atoms with Crippen molar-refractivity contribution in [2.45, 2.75) is 25.9 Å². The minimum atomic E-state index is -1.14. The van der Waals surface area contributed by atoms with Gasteiger partial charge in [0, 0.05) is 45.1 Å². The second-order valence-electron chi connectivity index (χ2n) is 8.75. The van der Waals surface area contributed by atoms with Crippen molar-refractivity contribution in [1.82, 2.24) is 18.9 Å². The first kappa shape index (κ1) is 21.1. The van der Waals surface area contributed by atoms with Gasteiger partial charge in [-0.15, -0.1) is 6.42 Å². The van der Waals surface area contributed by atoms with E-state index in [1.165, 1.54) is 0 Å². The zero-order valence-corrected chi connectivity index (χ0v) is 19.3. The van der Waals surface area contributed by atoms with Crippen molar-refractivity contribution in [2.24, 2.45) is 21.1 Å². The number of alkyl halides is 1.